The standard InChI is InChI=1S/C15H11BrClN3O/c16-13-7-2-1-6-12(13)15-19-14(21-20-15)9-18-11-5-3-4-10(17)8-11/h1-8,18H,9H2. The molecule has 3 aromatic rings. The van der Waals surface area contributed by atoms with Crippen LogP contribution in [0.5, 0.6) is 0 Å². The van der Waals surface area contributed by atoms with E-state index in [0.717, 1.165) is 15.7 Å². The highest BCUT2D eigenvalue weighted by Gasteiger charge is 2.10. The second kappa shape index (κ2) is 6.28. The molecule has 0 saturated heterocycles. The van der Waals surface area contributed by atoms with Crippen molar-refractivity contribution in [2.45, 2.75) is 6.54 Å². The second-order valence-electron chi connectivity index (χ2n) is 4.36. The summed E-state index contributed by atoms with van der Waals surface area (Å²) in [6, 6.07) is 15.2. The van der Waals surface area contributed by atoms with Gasteiger partial charge in [0.25, 0.3) is 0 Å². The smallest absolute Gasteiger partial charge is 0.246 e. The molecule has 0 amide bonds. The Morgan fingerprint density at radius 3 is 2.81 bits per heavy atom. The number of anilines is 1. The van der Waals surface area contributed by atoms with Gasteiger partial charge in [0.2, 0.25) is 11.7 Å². The molecule has 1 heterocycles. The van der Waals surface area contributed by atoms with Crippen molar-refractivity contribution < 1.29 is 4.52 Å². The zero-order valence-corrected chi connectivity index (χ0v) is 13.2. The lowest BCUT2D eigenvalue weighted by Gasteiger charge is -2.02. The maximum absolute atomic E-state index is 5.93. The summed E-state index contributed by atoms with van der Waals surface area (Å²) < 4.78 is 6.18. The summed E-state index contributed by atoms with van der Waals surface area (Å²) in [6.07, 6.45) is 0. The molecule has 0 saturated carbocycles. The number of benzene rings is 2. The highest BCUT2D eigenvalue weighted by molar-refractivity contribution is 9.10. The van der Waals surface area contributed by atoms with Crippen LogP contribution >= 0.6 is 27.5 Å². The minimum atomic E-state index is 0.442. The molecule has 21 heavy (non-hydrogen) atoms. The predicted octanol–water partition coefficient (Wildman–Crippen LogP) is 4.76. The van der Waals surface area contributed by atoms with E-state index >= 15 is 0 Å². The van der Waals surface area contributed by atoms with E-state index in [9.17, 15) is 0 Å². The van der Waals surface area contributed by atoms with Crippen molar-refractivity contribution in [2.24, 2.45) is 0 Å². The summed E-state index contributed by atoms with van der Waals surface area (Å²) >= 11 is 9.41. The van der Waals surface area contributed by atoms with Gasteiger partial charge in [0.05, 0.1) is 6.54 Å². The van der Waals surface area contributed by atoms with Crippen LogP contribution in [0, 0.1) is 0 Å². The fourth-order valence-corrected chi connectivity index (χ4v) is 2.51. The van der Waals surface area contributed by atoms with Crippen molar-refractivity contribution in [3.8, 4) is 11.4 Å². The molecule has 2 aromatic carbocycles. The van der Waals surface area contributed by atoms with Gasteiger partial charge in [0.1, 0.15) is 0 Å². The number of hydrogen-bond donors (Lipinski definition) is 1. The molecule has 1 N–H and O–H groups in total. The SMILES string of the molecule is Clc1cccc(NCc2nc(-c3ccccc3Br)no2)c1. The van der Waals surface area contributed by atoms with Crippen molar-refractivity contribution >= 4 is 33.2 Å². The number of hydrogen-bond acceptors (Lipinski definition) is 4. The number of aromatic nitrogens is 2. The molecule has 4 nitrogen and oxygen atoms in total. The Morgan fingerprint density at radius 1 is 1.14 bits per heavy atom. The van der Waals surface area contributed by atoms with Gasteiger partial charge in [-0.2, -0.15) is 4.98 Å². The quantitative estimate of drug-likeness (QED) is 0.725. The molecule has 6 heteroatoms. The second-order valence-corrected chi connectivity index (χ2v) is 5.65. The normalized spacial score (nSPS) is 10.6. The van der Waals surface area contributed by atoms with Crippen molar-refractivity contribution in [3.05, 3.63) is 63.9 Å². The monoisotopic (exact) mass is 363 g/mol. The van der Waals surface area contributed by atoms with Gasteiger partial charge < -0.3 is 9.84 Å². The van der Waals surface area contributed by atoms with Gasteiger partial charge in [0, 0.05) is 20.7 Å². The Morgan fingerprint density at radius 2 is 2.00 bits per heavy atom. The van der Waals surface area contributed by atoms with E-state index in [1.807, 2.05) is 48.5 Å². The molecule has 106 valence electrons. The average molecular weight is 365 g/mol. The Bertz CT molecular complexity index is 760. The molecule has 0 unspecified atom stereocenters. The number of rotatable bonds is 4. The summed E-state index contributed by atoms with van der Waals surface area (Å²) in [4.78, 5) is 4.38. The first-order valence-electron chi connectivity index (χ1n) is 6.29. The lowest BCUT2D eigenvalue weighted by atomic mass is 10.2. The fraction of sp³-hybridized carbons (Fsp3) is 0.0667. The zero-order chi connectivity index (χ0) is 14.7. The van der Waals surface area contributed by atoms with E-state index in [2.05, 4.69) is 31.4 Å². The number of halogens is 2. The van der Waals surface area contributed by atoms with Crippen molar-refractivity contribution in [1.82, 2.24) is 10.1 Å². The largest absolute Gasteiger partial charge is 0.376 e. The van der Waals surface area contributed by atoms with Gasteiger partial charge >= 0.3 is 0 Å². The molecule has 0 spiro atoms. The first-order valence-corrected chi connectivity index (χ1v) is 7.46. The summed E-state index contributed by atoms with van der Waals surface area (Å²) in [5.41, 5.74) is 1.80. The summed E-state index contributed by atoms with van der Waals surface area (Å²) in [5, 5.41) is 7.86. The lowest BCUT2D eigenvalue weighted by Crippen LogP contribution is -1.99. The molecule has 0 radical (unpaired) electrons. The number of nitrogens with zero attached hydrogens (tertiary/aromatic N) is 2. The Balaban J connectivity index is 1.72. The Kier molecular flexibility index (Phi) is 4.22. The van der Waals surface area contributed by atoms with E-state index in [4.69, 9.17) is 16.1 Å². The van der Waals surface area contributed by atoms with Crippen LogP contribution in [0.2, 0.25) is 5.02 Å². The topological polar surface area (TPSA) is 51.0 Å². The fourth-order valence-electron chi connectivity index (χ4n) is 1.85. The maximum Gasteiger partial charge on any atom is 0.246 e. The van der Waals surface area contributed by atoms with Gasteiger partial charge in [-0.05, 0) is 30.3 Å². The molecule has 0 aliphatic heterocycles. The van der Waals surface area contributed by atoms with E-state index < -0.39 is 0 Å². The average Bonchev–Trinajstić information content (AvgIpc) is 2.94. The van der Waals surface area contributed by atoms with Crippen molar-refractivity contribution in [2.75, 3.05) is 5.32 Å². The molecule has 0 atom stereocenters. The van der Waals surface area contributed by atoms with Crippen LogP contribution in [0.3, 0.4) is 0 Å². The van der Waals surface area contributed by atoms with Crippen LogP contribution in [0.25, 0.3) is 11.4 Å². The summed E-state index contributed by atoms with van der Waals surface area (Å²) in [7, 11) is 0. The van der Waals surface area contributed by atoms with Gasteiger partial charge in [-0.15, -0.1) is 0 Å². The molecule has 0 fully saturated rings. The zero-order valence-electron chi connectivity index (χ0n) is 10.9. The van der Waals surface area contributed by atoms with Crippen LogP contribution in [-0.4, -0.2) is 10.1 Å². The highest BCUT2D eigenvalue weighted by atomic mass is 79.9. The first kappa shape index (κ1) is 14.1. The van der Waals surface area contributed by atoms with Crippen molar-refractivity contribution in [1.29, 1.82) is 0 Å². The van der Waals surface area contributed by atoms with Gasteiger partial charge in [0.15, 0.2) is 0 Å². The van der Waals surface area contributed by atoms with Crippen LogP contribution < -0.4 is 5.32 Å². The van der Waals surface area contributed by atoms with Gasteiger partial charge in [-0.3, -0.25) is 0 Å². The van der Waals surface area contributed by atoms with Crippen molar-refractivity contribution in [3.63, 3.8) is 0 Å². The molecule has 0 bridgehead atoms. The Labute approximate surface area is 135 Å². The minimum absolute atomic E-state index is 0.442. The molecule has 0 aliphatic rings. The third-order valence-corrected chi connectivity index (χ3v) is 3.78. The summed E-state index contributed by atoms with van der Waals surface area (Å²) in [6.45, 7) is 0.442. The minimum Gasteiger partial charge on any atom is -0.376 e. The van der Waals surface area contributed by atoms with E-state index in [1.165, 1.54) is 0 Å². The maximum atomic E-state index is 5.93. The molecular weight excluding hydrogens is 354 g/mol. The third kappa shape index (κ3) is 3.43. The van der Waals surface area contributed by atoms with Crippen LogP contribution in [0.1, 0.15) is 5.89 Å². The third-order valence-electron chi connectivity index (χ3n) is 2.85. The van der Waals surface area contributed by atoms with Gasteiger partial charge in [-0.1, -0.05) is 50.9 Å². The Hall–Kier alpha value is -1.85. The number of nitrogens with one attached hydrogen (secondary N) is 1. The van der Waals surface area contributed by atoms with Crippen LogP contribution in [-0.2, 0) is 6.54 Å². The van der Waals surface area contributed by atoms with Crippen LogP contribution in [0.4, 0.5) is 5.69 Å². The van der Waals surface area contributed by atoms with E-state index in [1.54, 1.807) is 0 Å². The van der Waals surface area contributed by atoms with E-state index in [-0.39, 0.29) is 0 Å². The molecule has 1 aromatic heterocycles. The first-order chi connectivity index (χ1) is 10.2. The van der Waals surface area contributed by atoms with Gasteiger partial charge in [-0.25, -0.2) is 0 Å². The lowest BCUT2D eigenvalue weighted by molar-refractivity contribution is 0.384. The highest BCUT2D eigenvalue weighted by Crippen LogP contribution is 2.25. The summed E-state index contributed by atoms with van der Waals surface area (Å²) in [5.74, 6) is 1.08. The van der Waals surface area contributed by atoms with E-state index in [0.29, 0.717) is 23.3 Å². The predicted molar refractivity (Wildman–Crippen MR) is 86.2 cm³/mol. The molecular formula is C15H11BrClN3O. The molecule has 3 rings (SSSR count). The van der Waals surface area contributed by atoms with Crippen LogP contribution in [0.15, 0.2) is 57.5 Å². The molecule has 0 aliphatic carbocycles.